The van der Waals surface area contributed by atoms with Gasteiger partial charge >= 0.3 is 0 Å². The maximum Gasteiger partial charge on any atom is 0.0644 e. The fourth-order valence-corrected chi connectivity index (χ4v) is 1.67. The molecule has 0 amide bonds. The van der Waals surface area contributed by atoms with Crippen LogP contribution in [0.4, 0.5) is 0 Å². The standard InChI is InChI=1S/C11H23NO3/c1-11(2,14-3)4-5-12-6-7-15-9-10(12)8-13/h10,13H,4-9H2,1-3H3. The topological polar surface area (TPSA) is 41.9 Å². The van der Waals surface area contributed by atoms with Crippen molar-refractivity contribution in [1.29, 1.82) is 0 Å². The summed E-state index contributed by atoms with van der Waals surface area (Å²) in [5.74, 6) is 0. The third-order valence-electron chi connectivity index (χ3n) is 3.11. The Kier molecular flexibility index (Phi) is 4.99. The molecule has 0 spiro atoms. The Morgan fingerprint density at radius 2 is 2.27 bits per heavy atom. The van der Waals surface area contributed by atoms with Crippen LogP contribution in [-0.4, -0.2) is 61.7 Å². The fourth-order valence-electron chi connectivity index (χ4n) is 1.67. The molecular formula is C11H23NO3. The zero-order valence-electron chi connectivity index (χ0n) is 10.0. The number of methoxy groups -OCH3 is 1. The molecule has 0 aromatic heterocycles. The van der Waals surface area contributed by atoms with Gasteiger partial charge < -0.3 is 14.6 Å². The van der Waals surface area contributed by atoms with Crippen molar-refractivity contribution in [2.75, 3.05) is 40.0 Å². The number of aliphatic hydroxyl groups excluding tert-OH is 1. The molecule has 4 nitrogen and oxygen atoms in total. The highest BCUT2D eigenvalue weighted by atomic mass is 16.5. The normalized spacial score (nSPS) is 24.4. The number of hydrogen-bond acceptors (Lipinski definition) is 4. The smallest absolute Gasteiger partial charge is 0.0644 e. The number of aliphatic hydroxyl groups is 1. The van der Waals surface area contributed by atoms with E-state index in [0.29, 0.717) is 6.61 Å². The van der Waals surface area contributed by atoms with E-state index in [4.69, 9.17) is 9.47 Å². The molecule has 1 atom stereocenters. The molecule has 0 saturated carbocycles. The van der Waals surface area contributed by atoms with E-state index in [2.05, 4.69) is 18.7 Å². The van der Waals surface area contributed by atoms with Crippen molar-refractivity contribution in [2.24, 2.45) is 0 Å². The maximum absolute atomic E-state index is 9.20. The van der Waals surface area contributed by atoms with Crippen LogP contribution in [0.25, 0.3) is 0 Å². The van der Waals surface area contributed by atoms with E-state index in [1.54, 1.807) is 7.11 Å². The van der Waals surface area contributed by atoms with Gasteiger partial charge in [0.2, 0.25) is 0 Å². The van der Waals surface area contributed by atoms with Gasteiger partial charge in [-0.2, -0.15) is 0 Å². The van der Waals surface area contributed by atoms with Crippen LogP contribution in [0, 0.1) is 0 Å². The summed E-state index contributed by atoms with van der Waals surface area (Å²) < 4.78 is 10.7. The summed E-state index contributed by atoms with van der Waals surface area (Å²) in [7, 11) is 1.74. The number of morpholine rings is 1. The molecule has 1 aliphatic rings. The summed E-state index contributed by atoms with van der Waals surface area (Å²) in [4.78, 5) is 2.28. The summed E-state index contributed by atoms with van der Waals surface area (Å²) in [6.07, 6.45) is 0.972. The van der Waals surface area contributed by atoms with Crippen LogP contribution in [0.1, 0.15) is 20.3 Å². The summed E-state index contributed by atoms with van der Waals surface area (Å²) in [5.41, 5.74) is -0.0850. The van der Waals surface area contributed by atoms with Gasteiger partial charge in [-0.1, -0.05) is 0 Å². The van der Waals surface area contributed by atoms with Gasteiger partial charge in [-0.15, -0.1) is 0 Å². The van der Waals surface area contributed by atoms with Crippen molar-refractivity contribution < 1.29 is 14.6 Å². The predicted octanol–water partition coefficient (Wildman–Crippen LogP) is 0.495. The second-order valence-corrected chi connectivity index (χ2v) is 4.66. The zero-order chi connectivity index (χ0) is 11.3. The lowest BCUT2D eigenvalue weighted by Gasteiger charge is -2.36. The quantitative estimate of drug-likeness (QED) is 0.728. The molecule has 0 aromatic carbocycles. The first-order valence-electron chi connectivity index (χ1n) is 5.57. The highest BCUT2D eigenvalue weighted by molar-refractivity contribution is 4.78. The highest BCUT2D eigenvalue weighted by Crippen LogP contribution is 2.16. The third-order valence-corrected chi connectivity index (χ3v) is 3.11. The van der Waals surface area contributed by atoms with Crippen LogP contribution in [0.2, 0.25) is 0 Å². The van der Waals surface area contributed by atoms with Crippen molar-refractivity contribution in [3.8, 4) is 0 Å². The number of ether oxygens (including phenoxy) is 2. The van der Waals surface area contributed by atoms with E-state index in [1.165, 1.54) is 0 Å². The monoisotopic (exact) mass is 217 g/mol. The van der Waals surface area contributed by atoms with Crippen molar-refractivity contribution in [3.05, 3.63) is 0 Å². The lowest BCUT2D eigenvalue weighted by atomic mass is 10.0. The van der Waals surface area contributed by atoms with Gasteiger partial charge in [0.1, 0.15) is 0 Å². The average molecular weight is 217 g/mol. The van der Waals surface area contributed by atoms with Crippen LogP contribution in [0.5, 0.6) is 0 Å². The Hall–Kier alpha value is -0.160. The first kappa shape index (κ1) is 12.9. The summed E-state index contributed by atoms with van der Waals surface area (Å²) in [6.45, 7) is 7.62. The molecule has 1 N–H and O–H groups in total. The molecule has 1 rings (SSSR count). The van der Waals surface area contributed by atoms with Gasteiger partial charge in [-0.25, -0.2) is 0 Å². The maximum atomic E-state index is 9.20. The number of nitrogens with zero attached hydrogens (tertiary/aromatic N) is 1. The molecule has 0 bridgehead atoms. The first-order valence-corrected chi connectivity index (χ1v) is 5.57. The molecule has 1 heterocycles. The summed E-state index contributed by atoms with van der Waals surface area (Å²) in [6, 6.07) is 0.159. The minimum Gasteiger partial charge on any atom is -0.395 e. The second-order valence-electron chi connectivity index (χ2n) is 4.66. The Balaban J connectivity index is 2.35. The van der Waals surface area contributed by atoms with Crippen molar-refractivity contribution in [3.63, 3.8) is 0 Å². The van der Waals surface area contributed by atoms with Crippen LogP contribution in [-0.2, 0) is 9.47 Å². The van der Waals surface area contributed by atoms with Gasteiger partial charge in [0.25, 0.3) is 0 Å². The Morgan fingerprint density at radius 3 is 2.87 bits per heavy atom. The van der Waals surface area contributed by atoms with Crippen LogP contribution in [0.3, 0.4) is 0 Å². The molecule has 0 radical (unpaired) electrons. The molecule has 1 saturated heterocycles. The molecule has 0 aliphatic carbocycles. The molecule has 0 aromatic rings. The second kappa shape index (κ2) is 5.80. The third kappa shape index (κ3) is 4.07. The van der Waals surface area contributed by atoms with Crippen molar-refractivity contribution in [1.82, 2.24) is 4.90 Å². The van der Waals surface area contributed by atoms with Gasteiger partial charge in [0, 0.05) is 20.2 Å². The molecule has 15 heavy (non-hydrogen) atoms. The fraction of sp³-hybridized carbons (Fsp3) is 1.00. The van der Waals surface area contributed by atoms with Gasteiger partial charge in [-0.3, -0.25) is 4.90 Å². The first-order chi connectivity index (χ1) is 7.09. The van der Waals surface area contributed by atoms with E-state index < -0.39 is 0 Å². The van der Waals surface area contributed by atoms with Crippen molar-refractivity contribution in [2.45, 2.75) is 31.9 Å². The number of rotatable bonds is 5. The largest absolute Gasteiger partial charge is 0.395 e. The summed E-state index contributed by atoms with van der Waals surface area (Å²) in [5, 5.41) is 9.20. The lowest BCUT2D eigenvalue weighted by molar-refractivity contribution is -0.0452. The van der Waals surface area contributed by atoms with Crippen LogP contribution in [0.15, 0.2) is 0 Å². The van der Waals surface area contributed by atoms with Gasteiger partial charge in [0.05, 0.1) is 31.5 Å². The zero-order valence-corrected chi connectivity index (χ0v) is 10.0. The van der Waals surface area contributed by atoms with Crippen LogP contribution >= 0.6 is 0 Å². The summed E-state index contributed by atoms with van der Waals surface area (Å²) >= 11 is 0. The molecule has 1 aliphatic heterocycles. The van der Waals surface area contributed by atoms with E-state index in [1.807, 2.05) is 0 Å². The average Bonchev–Trinajstić information content (AvgIpc) is 2.27. The molecule has 1 unspecified atom stereocenters. The van der Waals surface area contributed by atoms with Gasteiger partial charge in [0.15, 0.2) is 0 Å². The Bertz CT molecular complexity index is 185. The minimum absolute atomic E-state index is 0.0850. The van der Waals surface area contributed by atoms with E-state index in [0.717, 1.165) is 26.1 Å². The predicted molar refractivity (Wildman–Crippen MR) is 59.0 cm³/mol. The van der Waals surface area contributed by atoms with E-state index >= 15 is 0 Å². The van der Waals surface area contributed by atoms with Crippen molar-refractivity contribution >= 4 is 0 Å². The number of hydrogen-bond donors (Lipinski definition) is 1. The highest BCUT2D eigenvalue weighted by Gasteiger charge is 2.24. The Morgan fingerprint density at radius 1 is 1.53 bits per heavy atom. The molecule has 90 valence electrons. The molecular weight excluding hydrogens is 194 g/mol. The Labute approximate surface area is 92.2 Å². The minimum atomic E-state index is -0.0850. The van der Waals surface area contributed by atoms with E-state index in [-0.39, 0.29) is 18.2 Å². The van der Waals surface area contributed by atoms with Gasteiger partial charge in [-0.05, 0) is 20.3 Å². The molecule has 4 heteroatoms. The van der Waals surface area contributed by atoms with Crippen LogP contribution < -0.4 is 0 Å². The molecule has 1 fully saturated rings. The lowest BCUT2D eigenvalue weighted by Crippen LogP contribution is -2.48. The van der Waals surface area contributed by atoms with E-state index in [9.17, 15) is 5.11 Å². The SMILES string of the molecule is COC(C)(C)CCN1CCOCC1CO.